The molecule has 30 heavy (non-hydrogen) atoms. The lowest BCUT2D eigenvalue weighted by Crippen LogP contribution is -2.18. The number of rotatable bonds is 6. The van der Waals surface area contributed by atoms with Crippen molar-refractivity contribution in [1.29, 1.82) is 0 Å². The number of halogens is 6. The number of hydrogen-bond donors (Lipinski definition) is 0. The van der Waals surface area contributed by atoms with Crippen LogP contribution in [0.2, 0.25) is 0 Å². The van der Waals surface area contributed by atoms with E-state index in [4.69, 9.17) is 4.52 Å². The molecule has 3 rings (SSSR count). The SMILES string of the molecule is Cc1cc(CC(c2cccc(OC(F)(F)F)c2)c2cccc(OC(F)(F)F)c2)on1. The smallest absolute Gasteiger partial charge is 0.406 e. The zero-order valence-electron chi connectivity index (χ0n) is 15.4. The van der Waals surface area contributed by atoms with E-state index in [0.717, 1.165) is 12.1 Å². The average Bonchev–Trinajstić information content (AvgIpc) is 3.02. The predicted octanol–water partition coefficient (Wildman–Crippen LogP) is 6.15. The van der Waals surface area contributed by atoms with Crippen LogP contribution in [0.4, 0.5) is 26.3 Å². The first-order valence-electron chi connectivity index (χ1n) is 8.62. The van der Waals surface area contributed by atoms with Crippen LogP contribution in [-0.4, -0.2) is 17.9 Å². The molecule has 0 amide bonds. The minimum Gasteiger partial charge on any atom is -0.406 e. The minimum absolute atomic E-state index is 0.145. The standard InChI is InChI=1S/C20H15F6NO3/c1-12-8-17(30-27-12)11-18(13-4-2-6-15(9-13)28-19(21,22)23)14-5-3-7-16(10-14)29-20(24,25)26/h2-10,18H,11H2,1H3. The molecule has 0 N–H and O–H groups in total. The zero-order chi connectivity index (χ0) is 21.9. The maximum atomic E-state index is 12.6. The highest BCUT2D eigenvalue weighted by Crippen LogP contribution is 2.34. The van der Waals surface area contributed by atoms with Crippen LogP contribution in [0.15, 0.2) is 59.1 Å². The number of benzene rings is 2. The molecule has 2 aromatic carbocycles. The van der Waals surface area contributed by atoms with Gasteiger partial charge < -0.3 is 14.0 Å². The third-order valence-electron chi connectivity index (χ3n) is 4.07. The fraction of sp³-hybridized carbons (Fsp3) is 0.250. The molecule has 1 aromatic heterocycles. The number of aromatic nitrogens is 1. The molecule has 0 radical (unpaired) electrons. The number of alkyl halides is 6. The Morgan fingerprint density at radius 3 is 1.73 bits per heavy atom. The van der Waals surface area contributed by atoms with E-state index in [1.165, 1.54) is 24.3 Å². The molecular weight excluding hydrogens is 416 g/mol. The maximum Gasteiger partial charge on any atom is 0.573 e. The summed E-state index contributed by atoms with van der Waals surface area (Å²) >= 11 is 0. The van der Waals surface area contributed by atoms with Crippen molar-refractivity contribution in [2.24, 2.45) is 0 Å². The Labute approximate surface area is 167 Å². The number of ether oxygens (including phenoxy) is 2. The van der Waals surface area contributed by atoms with Gasteiger partial charge in [-0.05, 0) is 42.3 Å². The summed E-state index contributed by atoms with van der Waals surface area (Å²) in [6.45, 7) is 1.69. The third-order valence-corrected chi connectivity index (χ3v) is 4.07. The number of hydrogen-bond acceptors (Lipinski definition) is 4. The van der Waals surface area contributed by atoms with Gasteiger partial charge in [-0.3, -0.25) is 0 Å². The van der Waals surface area contributed by atoms with E-state index in [0.29, 0.717) is 22.6 Å². The van der Waals surface area contributed by atoms with E-state index in [1.54, 1.807) is 25.1 Å². The van der Waals surface area contributed by atoms with Crippen LogP contribution in [0.1, 0.15) is 28.5 Å². The lowest BCUT2D eigenvalue weighted by Gasteiger charge is -2.19. The van der Waals surface area contributed by atoms with Crippen molar-refractivity contribution >= 4 is 0 Å². The second kappa shape index (κ2) is 8.29. The topological polar surface area (TPSA) is 44.5 Å². The van der Waals surface area contributed by atoms with E-state index in [2.05, 4.69) is 14.6 Å². The van der Waals surface area contributed by atoms with Crippen LogP contribution < -0.4 is 9.47 Å². The number of aryl methyl sites for hydroxylation is 1. The summed E-state index contributed by atoms with van der Waals surface area (Å²) in [6, 6.07) is 12.1. The third kappa shape index (κ3) is 6.16. The monoisotopic (exact) mass is 431 g/mol. The van der Waals surface area contributed by atoms with Gasteiger partial charge in [0.15, 0.2) is 0 Å². The molecule has 0 aliphatic carbocycles. The van der Waals surface area contributed by atoms with Gasteiger partial charge in [0.2, 0.25) is 0 Å². The van der Waals surface area contributed by atoms with Crippen LogP contribution in [0.25, 0.3) is 0 Å². The predicted molar refractivity (Wildman–Crippen MR) is 93.0 cm³/mol. The average molecular weight is 431 g/mol. The van der Waals surface area contributed by atoms with E-state index >= 15 is 0 Å². The Morgan fingerprint density at radius 1 is 0.833 bits per heavy atom. The molecule has 160 valence electrons. The summed E-state index contributed by atoms with van der Waals surface area (Å²) in [5.41, 5.74) is 1.36. The highest BCUT2D eigenvalue weighted by Gasteiger charge is 2.32. The summed E-state index contributed by atoms with van der Waals surface area (Å²) in [6.07, 6.45) is -9.61. The molecule has 10 heteroatoms. The van der Waals surface area contributed by atoms with Gasteiger partial charge in [-0.15, -0.1) is 26.3 Å². The second-order valence-corrected chi connectivity index (χ2v) is 6.43. The Balaban J connectivity index is 1.99. The van der Waals surface area contributed by atoms with Crippen molar-refractivity contribution in [3.63, 3.8) is 0 Å². The van der Waals surface area contributed by atoms with Crippen molar-refractivity contribution in [1.82, 2.24) is 5.16 Å². The first kappa shape index (κ1) is 21.5. The van der Waals surface area contributed by atoms with Gasteiger partial charge in [0, 0.05) is 18.4 Å². The molecule has 1 heterocycles. The molecule has 3 aromatic rings. The molecule has 0 atom stereocenters. The summed E-state index contributed by atoms with van der Waals surface area (Å²) in [4.78, 5) is 0. The lowest BCUT2D eigenvalue weighted by atomic mass is 9.87. The van der Waals surface area contributed by atoms with Crippen molar-refractivity contribution in [3.05, 3.63) is 77.2 Å². The van der Waals surface area contributed by atoms with Crippen LogP contribution >= 0.6 is 0 Å². The molecule has 0 saturated heterocycles. The highest BCUT2D eigenvalue weighted by atomic mass is 19.4. The Hall–Kier alpha value is -3.17. The van der Waals surface area contributed by atoms with Gasteiger partial charge >= 0.3 is 12.7 Å². The molecule has 0 bridgehead atoms. The first-order valence-corrected chi connectivity index (χ1v) is 8.62. The molecule has 0 aliphatic rings. The maximum absolute atomic E-state index is 12.6. The van der Waals surface area contributed by atoms with Crippen LogP contribution in [-0.2, 0) is 6.42 Å². The van der Waals surface area contributed by atoms with E-state index < -0.39 is 30.1 Å². The fourth-order valence-corrected chi connectivity index (χ4v) is 3.00. The second-order valence-electron chi connectivity index (χ2n) is 6.43. The Kier molecular flexibility index (Phi) is 5.95. The van der Waals surface area contributed by atoms with Gasteiger partial charge in [0.25, 0.3) is 0 Å². The lowest BCUT2D eigenvalue weighted by molar-refractivity contribution is -0.275. The van der Waals surface area contributed by atoms with E-state index in [-0.39, 0.29) is 6.42 Å². The van der Waals surface area contributed by atoms with Crippen molar-refractivity contribution in [2.45, 2.75) is 32.0 Å². The first-order chi connectivity index (χ1) is 14.0. The molecule has 0 spiro atoms. The van der Waals surface area contributed by atoms with E-state index in [9.17, 15) is 26.3 Å². The van der Waals surface area contributed by atoms with Gasteiger partial charge in [0.1, 0.15) is 17.3 Å². The molecular formula is C20H15F6NO3. The minimum atomic E-state index is -4.88. The Morgan fingerprint density at radius 2 is 1.33 bits per heavy atom. The van der Waals surface area contributed by atoms with Crippen LogP contribution in [0, 0.1) is 6.92 Å². The van der Waals surface area contributed by atoms with Gasteiger partial charge in [-0.1, -0.05) is 29.4 Å². The normalized spacial score (nSPS) is 12.3. The van der Waals surface area contributed by atoms with Gasteiger partial charge in [0.05, 0.1) is 5.69 Å². The quantitative estimate of drug-likeness (QED) is 0.439. The Bertz CT molecular complexity index is 937. The van der Waals surface area contributed by atoms with Crippen LogP contribution in [0.5, 0.6) is 11.5 Å². The molecule has 0 saturated carbocycles. The van der Waals surface area contributed by atoms with Gasteiger partial charge in [-0.2, -0.15) is 0 Å². The zero-order valence-corrected chi connectivity index (χ0v) is 15.4. The van der Waals surface area contributed by atoms with E-state index in [1.807, 2.05) is 0 Å². The molecule has 0 unspecified atom stereocenters. The number of nitrogens with zero attached hydrogens (tertiary/aromatic N) is 1. The highest BCUT2D eigenvalue weighted by molar-refractivity contribution is 5.41. The van der Waals surface area contributed by atoms with Crippen molar-refractivity contribution in [2.75, 3.05) is 0 Å². The molecule has 0 aliphatic heterocycles. The van der Waals surface area contributed by atoms with Crippen LogP contribution in [0.3, 0.4) is 0 Å². The molecule has 0 fully saturated rings. The summed E-state index contributed by atoms with van der Waals surface area (Å²) in [7, 11) is 0. The summed E-state index contributed by atoms with van der Waals surface area (Å²) in [5, 5.41) is 3.77. The van der Waals surface area contributed by atoms with Crippen molar-refractivity contribution < 1.29 is 40.3 Å². The van der Waals surface area contributed by atoms with Gasteiger partial charge in [-0.25, -0.2) is 0 Å². The van der Waals surface area contributed by atoms with Crippen molar-refractivity contribution in [3.8, 4) is 11.5 Å². The fourth-order valence-electron chi connectivity index (χ4n) is 3.00. The summed E-state index contributed by atoms with van der Waals surface area (Å²) in [5.74, 6) is -1.12. The largest absolute Gasteiger partial charge is 0.573 e. The summed E-state index contributed by atoms with van der Waals surface area (Å²) < 4.78 is 88.6. The molecule has 4 nitrogen and oxygen atoms in total.